The van der Waals surface area contributed by atoms with Crippen LogP contribution in [0.2, 0.25) is 0 Å². The van der Waals surface area contributed by atoms with Crippen LogP contribution in [0, 0.1) is 10.8 Å². The maximum atomic E-state index is 14.6. The van der Waals surface area contributed by atoms with Crippen molar-refractivity contribution < 1.29 is 38.2 Å². The van der Waals surface area contributed by atoms with Crippen LogP contribution in [-0.2, 0) is 64.3 Å². The first-order valence-electron chi connectivity index (χ1n) is 26.8. The zero-order valence-electron chi connectivity index (χ0n) is 45.3. The van der Waals surface area contributed by atoms with Gasteiger partial charge in [0.25, 0.3) is 0 Å². The van der Waals surface area contributed by atoms with Gasteiger partial charge in [0, 0.05) is 25.9 Å². The quantitative estimate of drug-likeness (QED) is 0.0970. The summed E-state index contributed by atoms with van der Waals surface area (Å²) >= 11 is 0. The fraction of sp³-hybridized carbons (Fsp3) is 0.586. The molecular formula is C58H82N8O8. The number of amides is 6. The molecule has 2 heterocycles. The van der Waals surface area contributed by atoms with Crippen LogP contribution < -0.4 is 31.9 Å². The van der Waals surface area contributed by atoms with Gasteiger partial charge in [0.15, 0.2) is 0 Å². The number of fused-ring (bicyclic) bond motifs is 2. The topological polar surface area (TPSA) is 200 Å². The number of likely N-dealkylation sites (N-methyl/N-ethyl adjacent to an activating group) is 2. The number of likely N-dealkylation sites (tertiary alicyclic amines) is 2. The molecule has 4 aliphatic rings. The monoisotopic (exact) mass is 1020 g/mol. The molecular weight excluding hydrogens is 937 g/mol. The summed E-state index contributed by atoms with van der Waals surface area (Å²) in [4.78, 5) is 87.4. The van der Waals surface area contributed by atoms with E-state index in [1.165, 1.54) is 11.1 Å². The fourth-order valence-electron chi connectivity index (χ4n) is 10.7. The smallest absolute Gasteiger partial charge is 0.246 e. The van der Waals surface area contributed by atoms with Crippen molar-refractivity contribution in [3.8, 4) is 0 Å². The highest BCUT2D eigenvalue weighted by atomic mass is 16.5. The van der Waals surface area contributed by atoms with E-state index in [1.54, 1.807) is 37.7 Å². The summed E-state index contributed by atoms with van der Waals surface area (Å²) in [5.74, 6) is -1.75. The standard InChI is InChI=1S/C58H82N8O8/c1-35(59-9)51(67)63-49(57(3,4)5)55(71)65-31-41(29-47(65)53(69)61-45-23-15-19-39-17-11-13-21-43(39)45)73-33-37-25-27-38(28-26-37)34-74-42-30-48(54(70)62-46-24-16-20-40-18-12-14-22-44(40)46)66(32-42)56(72)50(58(6,7)8)64-52(68)36(2)60-10/h11-14,17-18,21-22,25-28,35-36,41-42,45-50,59-60H,15-16,19-20,23-24,29-34H2,1-10H3,(H,61,69)(H,62,70)(H,63,67)(H,64,68)/t35-,36-,41-,42-,45+,46?,47-,48-,49+,50+/m0/s1. The summed E-state index contributed by atoms with van der Waals surface area (Å²) in [5, 5.41) is 18.4. The number of hydrogen-bond donors (Lipinski definition) is 6. The molecule has 1 unspecified atom stereocenters. The van der Waals surface area contributed by atoms with Gasteiger partial charge in [-0.05, 0) is 111 Å². The van der Waals surface area contributed by atoms with E-state index >= 15 is 0 Å². The number of carbonyl (C=O) groups excluding carboxylic acids is 6. The maximum absolute atomic E-state index is 14.6. The second-order valence-electron chi connectivity index (χ2n) is 23.1. The Labute approximate surface area is 438 Å². The molecule has 2 fully saturated rings. The first kappa shape index (κ1) is 56.1. The summed E-state index contributed by atoms with van der Waals surface area (Å²) in [6, 6.07) is 19.4. The molecule has 16 nitrogen and oxygen atoms in total. The third-order valence-electron chi connectivity index (χ3n) is 15.5. The van der Waals surface area contributed by atoms with E-state index < -0.39 is 59.3 Å². The van der Waals surface area contributed by atoms with Crippen molar-refractivity contribution in [2.24, 2.45) is 10.8 Å². The van der Waals surface area contributed by atoms with Gasteiger partial charge in [-0.1, -0.05) is 114 Å². The van der Waals surface area contributed by atoms with Gasteiger partial charge in [-0.3, -0.25) is 28.8 Å². The SMILES string of the molecule is CN[C@@H](C)C(=O)N[C@H](C(=O)N1C[C@@H](OCc2ccc(CO[C@H]3C[C@@H](C(=O)N[C@@H]4CCCc5ccccc54)N(C(=O)[C@@H](NC(=O)[C@H](C)NC)C(C)(C)C)C3)cc2)C[C@H]1C(=O)NC1CCCc2ccccc21)C(C)(C)C. The van der Waals surface area contributed by atoms with Crippen LogP contribution in [0.25, 0.3) is 0 Å². The van der Waals surface area contributed by atoms with E-state index in [-0.39, 0.29) is 73.8 Å². The van der Waals surface area contributed by atoms with E-state index in [1.807, 2.05) is 90.1 Å². The van der Waals surface area contributed by atoms with Crippen LogP contribution in [0.15, 0.2) is 72.8 Å². The summed E-state index contributed by atoms with van der Waals surface area (Å²) in [5.41, 5.74) is 5.12. The average molecular weight is 1020 g/mol. The minimum absolute atomic E-state index is 0.171. The molecule has 6 N–H and O–H groups in total. The zero-order valence-corrected chi connectivity index (χ0v) is 45.3. The van der Waals surface area contributed by atoms with Crippen LogP contribution in [0.1, 0.15) is 139 Å². The molecule has 0 bridgehead atoms. The number of aryl methyl sites for hydroxylation is 2. The Bertz CT molecular complexity index is 2300. The third kappa shape index (κ3) is 13.6. The van der Waals surface area contributed by atoms with Gasteiger partial charge in [-0.2, -0.15) is 0 Å². The number of hydrogen-bond acceptors (Lipinski definition) is 10. The van der Waals surface area contributed by atoms with Crippen LogP contribution in [0.4, 0.5) is 0 Å². The van der Waals surface area contributed by atoms with Gasteiger partial charge in [-0.15, -0.1) is 0 Å². The van der Waals surface area contributed by atoms with Gasteiger partial charge in [0.1, 0.15) is 24.2 Å². The normalized spacial score (nSPS) is 23.4. The lowest BCUT2D eigenvalue weighted by Gasteiger charge is -2.36. The predicted molar refractivity (Wildman–Crippen MR) is 284 cm³/mol. The van der Waals surface area contributed by atoms with Crippen LogP contribution >= 0.6 is 0 Å². The highest BCUT2D eigenvalue weighted by Crippen LogP contribution is 2.34. The molecule has 0 aromatic heterocycles. The summed E-state index contributed by atoms with van der Waals surface area (Å²) < 4.78 is 13.0. The van der Waals surface area contributed by atoms with Gasteiger partial charge in [0.2, 0.25) is 35.4 Å². The lowest BCUT2D eigenvalue weighted by Crippen LogP contribution is -2.59. The van der Waals surface area contributed by atoms with Gasteiger partial charge in [0.05, 0.1) is 49.6 Å². The van der Waals surface area contributed by atoms with Crippen molar-refractivity contribution in [3.63, 3.8) is 0 Å². The Balaban J connectivity index is 1.02. The Kier molecular flexibility index (Phi) is 18.4. The van der Waals surface area contributed by atoms with Crippen molar-refractivity contribution >= 4 is 35.4 Å². The van der Waals surface area contributed by atoms with Gasteiger partial charge < -0.3 is 51.2 Å². The highest BCUT2D eigenvalue weighted by molar-refractivity contribution is 5.95. The lowest BCUT2D eigenvalue weighted by molar-refractivity contribution is -0.144. The number of nitrogens with zero attached hydrogens (tertiary/aromatic N) is 2. The summed E-state index contributed by atoms with van der Waals surface area (Å²) in [6.07, 6.45) is 5.08. The first-order chi connectivity index (χ1) is 35.2. The number of carbonyl (C=O) groups is 6. The first-order valence-corrected chi connectivity index (χ1v) is 26.8. The molecule has 2 aliphatic carbocycles. The fourth-order valence-corrected chi connectivity index (χ4v) is 10.7. The Morgan fingerprint density at radius 3 is 1.28 bits per heavy atom. The molecule has 6 amide bonds. The molecule has 2 saturated heterocycles. The van der Waals surface area contributed by atoms with E-state index in [9.17, 15) is 28.8 Å². The molecule has 7 rings (SSSR count). The largest absolute Gasteiger partial charge is 0.372 e. The van der Waals surface area contributed by atoms with Crippen molar-refractivity contribution in [2.45, 2.75) is 181 Å². The zero-order chi connectivity index (χ0) is 53.5. The third-order valence-corrected chi connectivity index (χ3v) is 15.5. The second kappa shape index (κ2) is 24.3. The average Bonchev–Trinajstić information content (AvgIpc) is 4.03. The van der Waals surface area contributed by atoms with E-state index in [2.05, 4.69) is 56.2 Å². The predicted octanol–water partition coefficient (Wildman–Crippen LogP) is 5.32. The molecule has 16 heteroatoms. The number of ether oxygens (including phenoxy) is 2. The Morgan fingerprint density at radius 2 is 0.932 bits per heavy atom. The molecule has 3 aromatic carbocycles. The molecule has 0 radical (unpaired) electrons. The minimum Gasteiger partial charge on any atom is -0.372 e. The van der Waals surface area contributed by atoms with E-state index in [0.29, 0.717) is 12.8 Å². The Morgan fingerprint density at radius 1 is 0.568 bits per heavy atom. The lowest BCUT2D eigenvalue weighted by atomic mass is 9.85. The van der Waals surface area contributed by atoms with Crippen molar-refractivity contribution in [2.75, 3.05) is 27.2 Å². The van der Waals surface area contributed by atoms with Crippen LogP contribution in [0.3, 0.4) is 0 Å². The van der Waals surface area contributed by atoms with Crippen molar-refractivity contribution in [1.82, 2.24) is 41.7 Å². The second-order valence-corrected chi connectivity index (χ2v) is 23.1. The molecule has 402 valence electrons. The van der Waals surface area contributed by atoms with Gasteiger partial charge >= 0.3 is 0 Å². The molecule has 3 aromatic rings. The minimum atomic E-state index is -0.888. The summed E-state index contributed by atoms with van der Waals surface area (Å²) in [7, 11) is 3.38. The maximum Gasteiger partial charge on any atom is 0.246 e. The van der Waals surface area contributed by atoms with Crippen molar-refractivity contribution in [3.05, 3.63) is 106 Å². The molecule has 74 heavy (non-hydrogen) atoms. The molecule has 0 saturated carbocycles. The Hall–Kier alpha value is -5.68. The summed E-state index contributed by atoms with van der Waals surface area (Å²) in [6.45, 7) is 15.7. The number of rotatable bonds is 18. The van der Waals surface area contributed by atoms with Gasteiger partial charge in [-0.25, -0.2) is 0 Å². The van der Waals surface area contributed by atoms with Crippen LogP contribution in [-0.4, -0.2) is 121 Å². The van der Waals surface area contributed by atoms with E-state index in [0.717, 1.165) is 60.8 Å². The molecule has 10 atom stereocenters. The van der Waals surface area contributed by atoms with E-state index in [4.69, 9.17) is 9.47 Å². The number of benzene rings is 3. The molecule has 0 spiro atoms. The number of nitrogens with one attached hydrogen (secondary N) is 6. The van der Waals surface area contributed by atoms with Crippen molar-refractivity contribution in [1.29, 1.82) is 0 Å². The highest BCUT2D eigenvalue weighted by Gasteiger charge is 2.48. The molecule has 2 aliphatic heterocycles. The van der Waals surface area contributed by atoms with Crippen LogP contribution in [0.5, 0.6) is 0 Å².